The lowest BCUT2D eigenvalue weighted by Crippen LogP contribution is -2.33. The number of H-pyrrole nitrogens is 1. The highest BCUT2D eigenvalue weighted by molar-refractivity contribution is 5.90. The van der Waals surface area contributed by atoms with E-state index in [4.69, 9.17) is 5.73 Å². The summed E-state index contributed by atoms with van der Waals surface area (Å²) in [6.07, 6.45) is 6.16. The number of nitrogens with one attached hydrogen (secondary N) is 1. The first kappa shape index (κ1) is 10.7. The fourth-order valence-electron chi connectivity index (χ4n) is 3.05. The molecule has 0 amide bonds. The fraction of sp³-hybridized carbons (Fsp3) is 0.429. The van der Waals surface area contributed by atoms with Gasteiger partial charge in [0.25, 0.3) is 0 Å². The molecule has 1 aromatic carbocycles. The molecule has 0 aliphatic heterocycles. The highest BCUT2D eigenvalue weighted by atomic mass is 16.3. The quantitative estimate of drug-likeness (QED) is 0.705. The zero-order valence-electron chi connectivity index (χ0n) is 10.1. The maximum Gasteiger partial charge on any atom is 0.130 e. The van der Waals surface area contributed by atoms with Gasteiger partial charge in [-0.1, -0.05) is 18.9 Å². The number of hydrogen-bond donors (Lipinski definition) is 3. The van der Waals surface area contributed by atoms with Crippen LogP contribution >= 0.6 is 0 Å². The van der Waals surface area contributed by atoms with Gasteiger partial charge in [0.15, 0.2) is 0 Å². The van der Waals surface area contributed by atoms with Gasteiger partial charge in [-0.3, -0.25) is 0 Å². The average molecular weight is 230 g/mol. The Kier molecular flexibility index (Phi) is 2.20. The zero-order valence-corrected chi connectivity index (χ0v) is 10.1. The van der Waals surface area contributed by atoms with Crippen molar-refractivity contribution in [1.29, 1.82) is 0 Å². The molecule has 1 aliphatic carbocycles. The number of nitrogens with two attached hydrogens (primary N) is 1. The van der Waals surface area contributed by atoms with Crippen molar-refractivity contribution in [3.05, 3.63) is 29.5 Å². The van der Waals surface area contributed by atoms with Gasteiger partial charge >= 0.3 is 0 Å². The van der Waals surface area contributed by atoms with Crippen LogP contribution in [0.15, 0.2) is 18.3 Å². The largest absolute Gasteiger partial charge is 0.507 e. The Balaban J connectivity index is 2.23. The van der Waals surface area contributed by atoms with Gasteiger partial charge in [-0.2, -0.15) is 0 Å². The summed E-state index contributed by atoms with van der Waals surface area (Å²) in [6, 6.07) is 3.99. The minimum Gasteiger partial charge on any atom is -0.507 e. The second kappa shape index (κ2) is 3.50. The third-order valence-electron chi connectivity index (χ3n) is 4.05. The number of phenols is 1. The van der Waals surface area contributed by atoms with Crippen LogP contribution in [-0.4, -0.2) is 10.1 Å². The van der Waals surface area contributed by atoms with Crippen molar-refractivity contribution in [2.24, 2.45) is 5.73 Å². The van der Waals surface area contributed by atoms with Gasteiger partial charge in [-0.15, -0.1) is 0 Å². The van der Waals surface area contributed by atoms with E-state index in [0.29, 0.717) is 5.75 Å². The van der Waals surface area contributed by atoms with E-state index in [-0.39, 0.29) is 5.54 Å². The SMILES string of the molecule is Cc1c[nH]c2ccc(C3(N)CCCC3)c(O)c12. The molecule has 4 N–H and O–H groups in total. The van der Waals surface area contributed by atoms with Crippen molar-refractivity contribution < 1.29 is 5.11 Å². The minimum atomic E-state index is -0.331. The van der Waals surface area contributed by atoms with Crippen LogP contribution in [-0.2, 0) is 5.54 Å². The number of aromatic nitrogens is 1. The summed E-state index contributed by atoms with van der Waals surface area (Å²) in [7, 11) is 0. The predicted octanol–water partition coefficient (Wildman–Crippen LogP) is 2.91. The third-order valence-corrected chi connectivity index (χ3v) is 4.05. The Morgan fingerprint density at radius 3 is 2.71 bits per heavy atom. The number of rotatable bonds is 1. The minimum absolute atomic E-state index is 0.331. The van der Waals surface area contributed by atoms with Crippen LogP contribution in [0.4, 0.5) is 0 Å². The summed E-state index contributed by atoms with van der Waals surface area (Å²) in [6.45, 7) is 2.00. The monoisotopic (exact) mass is 230 g/mol. The Hall–Kier alpha value is -1.48. The zero-order chi connectivity index (χ0) is 12.0. The summed E-state index contributed by atoms with van der Waals surface area (Å²) >= 11 is 0. The molecular formula is C14H18N2O. The summed E-state index contributed by atoms with van der Waals surface area (Å²) in [5, 5.41) is 11.4. The molecule has 0 radical (unpaired) electrons. The molecule has 1 aromatic heterocycles. The van der Waals surface area contributed by atoms with E-state index in [1.165, 1.54) is 0 Å². The van der Waals surface area contributed by atoms with E-state index in [1.54, 1.807) is 0 Å². The normalized spacial score (nSPS) is 18.9. The molecule has 3 nitrogen and oxygen atoms in total. The average Bonchev–Trinajstić information content (AvgIpc) is 2.87. The fourth-order valence-corrected chi connectivity index (χ4v) is 3.05. The van der Waals surface area contributed by atoms with Crippen molar-refractivity contribution in [3.8, 4) is 5.75 Å². The van der Waals surface area contributed by atoms with Crippen LogP contribution in [0, 0.1) is 6.92 Å². The Labute approximate surface area is 101 Å². The van der Waals surface area contributed by atoms with Crippen molar-refractivity contribution in [1.82, 2.24) is 4.98 Å². The van der Waals surface area contributed by atoms with E-state index in [2.05, 4.69) is 4.98 Å². The van der Waals surface area contributed by atoms with E-state index >= 15 is 0 Å². The highest BCUT2D eigenvalue weighted by Crippen LogP contribution is 2.43. The Morgan fingerprint density at radius 2 is 2.00 bits per heavy atom. The van der Waals surface area contributed by atoms with Crippen LogP contribution < -0.4 is 5.73 Å². The molecule has 0 bridgehead atoms. The topological polar surface area (TPSA) is 62.0 Å². The van der Waals surface area contributed by atoms with Gasteiger partial charge < -0.3 is 15.8 Å². The summed E-state index contributed by atoms with van der Waals surface area (Å²) < 4.78 is 0. The third kappa shape index (κ3) is 1.46. The molecule has 3 rings (SSSR count). The van der Waals surface area contributed by atoms with E-state index in [1.807, 2.05) is 25.3 Å². The van der Waals surface area contributed by atoms with Gasteiger partial charge in [0.05, 0.1) is 0 Å². The molecule has 1 heterocycles. The first-order valence-corrected chi connectivity index (χ1v) is 6.21. The van der Waals surface area contributed by atoms with E-state index in [0.717, 1.165) is 47.7 Å². The number of fused-ring (bicyclic) bond motifs is 1. The Morgan fingerprint density at radius 1 is 1.29 bits per heavy atom. The standard InChI is InChI=1S/C14H18N2O/c1-9-8-16-11-5-4-10(13(17)12(9)11)14(15)6-2-3-7-14/h4-5,8,16-17H,2-3,6-7,15H2,1H3. The lowest BCUT2D eigenvalue weighted by molar-refractivity contribution is 0.413. The molecule has 3 heteroatoms. The number of aromatic amines is 1. The molecule has 1 fully saturated rings. The Bertz CT molecular complexity index is 565. The summed E-state index contributed by atoms with van der Waals surface area (Å²) in [5.74, 6) is 0.366. The number of phenolic OH excluding ortho intramolecular Hbond substituents is 1. The lowest BCUT2D eigenvalue weighted by atomic mass is 9.87. The number of aromatic hydroxyl groups is 1. The number of hydrogen-bond acceptors (Lipinski definition) is 2. The van der Waals surface area contributed by atoms with Crippen LogP contribution in [0.5, 0.6) is 5.75 Å². The predicted molar refractivity (Wildman–Crippen MR) is 69.0 cm³/mol. The molecule has 17 heavy (non-hydrogen) atoms. The summed E-state index contributed by atoms with van der Waals surface area (Å²) in [5.41, 5.74) is 9.04. The molecule has 0 spiro atoms. The van der Waals surface area contributed by atoms with E-state index < -0.39 is 0 Å². The van der Waals surface area contributed by atoms with E-state index in [9.17, 15) is 5.11 Å². The second-order valence-corrected chi connectivity index (χ2v) is 5.22. The molecule has 90 valence electrons. The smallest absolute Gasteiger partial charge is 0.130 e. The number of benzene rings is 1. The summed E-state index contributed by atoms with van der Waals surface area (Å²) in [4.78, 5) is 3.16. The molecule has 0 saturated heterocycles. The molecule has 2 aromatic rings. The number of aryl methyl sites for hydroxylation is 1. The van der Waals surface area contributed by atoms with Gasteiger partial charge in [-0.05, 0) is 31.4 Å². The molecule has 0 unspecified atom stereocenters. The second-order valence-electron chi connectivity index (χ2n) is 5.22. The van der Waals surface area contributed by atoms with Gasteiger partial charge in [0.2, 0.25) is 0 Å². The van der Waals surface area contributed by atoms with Crippen LogP contribution in [0.25, 0.3) is 10.9 Å². The van der Waals surface area contributed by atoms with Gasteiger partial charge in [0.1, 0.15) is 5.75 Å². The van der Waals surface area contributed by atoms with Gasteiger partial charge in [-0.25, -0.2) is 0 Å². The lowest BCUT2D eigenvalue weighted by Gasteiger charge is -2.25. The van der Waals surface area contributed by atoms with Gasteiger partial charge in [0, 0.05) is 28.2 Å². The van der Waals surface area contributed by atoms with Crippen LogP contribution in [0.2, 0.25) is 0 Å². The maximum atomic E-state index is 10.4. The van der Waals surface area contributed by atoms with Crippen molar-refractivity contribution in [2.75, 3.05) is 0 Å². The highest BCUT2D eigenvalue weighted by Gasteiger charge is 2.34. The molecular weight excluding hydrogens is 212 g/mol. The first-order valence-electron chi connectivity index (χ1n) is 6.21. The molecule has 1 saturated carbocycles. The molecule has 0 atom stereocenters. The molecule has 1 aliphatic rings. The van der Waals surface area contributed by atoms with Crippen molar-refractivity contribution >= 4 is 10.9 Å². The van der Waals surface area contributed by atoms with Crippen molar-refractivity contribution in [2.45, 2.75) is 38.1 Å². The first-order chi connectivity index (χ1) is 8.12. The van der Waals surface area contributed by atoms with Crippen LogP contribution in [0.1, 0.15) is 36.8 Å². The van der Waals surface area contributed by atoms with Crippen molar-refractivity contribution in [3.63, 3.8) is 0 Å². The van der Waals surface area contributed by atoms with Crippen LogP contribution in [0.3, 0.4) is 0 Å². The maximum absolute atomic E-state index is 10.4.